The molecule has 34 heavy (non-hydrogen) atoms. The Balaban J connectivity index is 1.45. The van der Waals surface area contributed by atoms with E-state index < -0.39 is 5.95 Å². The van der Waals surface area contributed by atoms with Gasteiger partial charge in [0.25, 0.3) is 5.56 Å². The molecule has 8 heteroatoms. The Morgan fingerprint density at radius 1 is 0.941 bits per heavy atom. The van der Waals surface area contributed by atoms with Crippen LogP contribution in [0.5, 0.6) is 0 Å². The van der Waals surface area contributed by atoms with E-state index in [1.807, 2.05) is 30.3 Å². The van der Waals surface area contributed by atoms with Crippen LogP contribution in [0, 0.1) is 5.95 Å². The number of rotatable bonds is 4. The fourth-order valence-electron chi connectivity index (χ4n) is 4.49. The molecule has 0 radical (unpaired) electrons. The molecule has 0 bridgehead atoms. The molecule has 174 valence electrons. The first-order valence-electron chi connectivity index (χ1n) is 11.4. The van der Waals surface area contributed by atoms with Crippen molar-refractivity contribution >= 4 is 22.3 Å². The summed E-state index contributed by atoms with van der Waals surface area (Å²) >= 11 is 0. The summed E-state index contributed by atoms with van der Waals surface area (Å²) in [4.78, 5) is 27.9. The summed E-state index contributed by atoms with van der Waals surface area (Å²) in [6, 6.07) is 15.4. The maximum Gasteiger partial charge on any atom is 0.255 e. The third kappa shape index (κ3) is 4.12. The van der Waals surface area contributed by atoms with E-state index in [0.717, 1.165) is 37.3 Å². The number of halogens is 1. The Bertz CT molecular complexity index is 1390. The molecule has 4 aromatic rings. The average molecular weight is 459 g/mol. The number of pyridine rings is 1. The van der Waals surface area contributed by atoms with Gasteiger partial charge in [0.05, 0.1) is 0 Å². The molecule has 0 atom stereocenters. The third-order valence-corrected chi connectivity index (χ3v) is 6.48. The van der Waals surface area contributed by atoms with Crippen LogP contribution >= 0.6 is 0 Å². The number of nitrogens with zero attached hydrogens (tertiary/aromatic N) is 4. The number of hydrogen-bond acceptors (Lipinski definition) is 6. The average Bonchev–Trinajstić information content (AvgIpc) is 2.84. The van der Waals surface area contributed by atoms with Crippen LogP contribution in [0.25, 0.3) is 33.3 Å². The van der Waals surface area contributed by atoms with Crippen molar-refractivity contribution in [1.82, 2.24) is 19.9 Å². The summed E-state index contributed by atoms with van der Waals surface area (Å²) in [7, 11) is 0. The van der Waals surface area contributed by atoms with E-state index in [1.165, 1.54) is 0 Å². The summed E-state index contributed by atoms with van der Waals surface area (Å²) < 4.78 is 14.8. The van der Waals surface area contributed by atoms with Crippen LogP contribution in [0.2, 0.25) is 0 Å². The molecule has 0 amide bonds. The molecule has 1 aliphatic rings. The number of aromatic nitrogens is 3. The molecule has 1 aliphatic heterocycles. The molecule has 5 rings (SSSR count). The second-order valence-corrected chi connectivity index (χ2v) is 8.87. The van der Waals surface area contributed by atoms with E-state index >= 15 is 0 Å². The van der Waals surface area contributed by atoms with Crippen molar-refractivity contribution in [3.63, 3.8) is 0 Å². The predicted molar refractivity (Wildman–Crippen MR) is 134 cm³/mol. The van der Waals surface area contributed by atoms with Crippen molar-refractivity contribution in [3.8, 4) is 22.5 Å². The molecule has 0 spiro atoms. The molecule has 0 saturated carbocycles. The summed E-state index contributed by atoms with van der Waals surface area (Å²) in [6.07, 6.45) is 1.59. The van der Waals surface area contributed by atoms with E-state index in [1.54, 1.807) is 24.4 Å². The number of hydrogen-bond donors (Lipinski definition) is 2. The number of benzene rings is 2. The van der Waals surface area contributed by atoms with Crippen molar-refractivity contribution < 1.29 is 4.39 Å². The van der Waals surface area contributed by atoms with E-state index in [4.69, 9.17) is 5.73 Å². The minimum Gasteiger partial charge on any atom is -0.382 e. The van der Waals surface area contributed by atoms with E-state index in [9.17, 15) is 9.18 Å². The van der Waals surface area contributed by atoms with Gasteiger partial charge in [0.15, 0.2) is 5.82 Å². The Hall–Kier alpha value is -3.78. The summed E-state index contributed by atoms with van der Waals surface area (Å²) in [6.45, 7) is 8.42. The third-order valence-electron chi connectivity index (χ3n) is 6.48. The second-order valence-electron chi connectivity index (χ2n) is 8.87. The van der Waals surface area contributed by atoms with E-state index in [0.29, 0.717) is 28.2 Å². The molecular weight excluding hydrogens is 431 g/mol. The molecule has 1 saturated heterocycles. The summed E-state index contributed by atoms with van der Waals surface area (Å²) in [5.74, 6) is -0.707. The van der Waals surface area contributed by atoms with Gasteiger partial charge >= 0.3 is 0 Å². The number of H-pyrrole nitrogens is 1. The van der Waals surface area contributed by atoms with Crippen molar-refractivity contribution in [2.45, 2.75) is 19.9 Å². The topological polar surface area (TPSA) is 91.1 Å². The highest BCUT2D eigenvalue weighted by Crippen LogP contribution is 2.30. The van der Waals surface area contributed by atoms with Crippen LogP contribution in [0.15, 0.2) is 59.5 Å². The molecule has 7 nitrogen and oxygen atoms in total. The lowest BCUT2D eigenvalue weighted by Crippen LogP contribution is -2.48. The zero-order valence-corrected chi connectivity index (χ0v) is 19.3. The van der Waals surface area contributed by atoms with Crippen LogP contribution in [-0.2, 0) is 0 Å². The van der Waals surface area contributed by atoms with Gasteiger partial charge in [-0.05, 0) is 49.6 Å². The number of piperazine rings is 1. The highest BCUT2D eigenvalue weighted by atomic mass is 19.1. The van der Waals surface area contributed by atoms with E-state index in [-0.39, 0.29) is 17.1 Å². The minimum atomic E-state index is -0.711. The summed E-state index contributed by atoms with van der Waals surface area (Å²) in [5, 5.41) is 1.31. The standard InChI is InChI=1S/C26H27FN6O/c1-16(2)32-11-13-33(14-12-32)20-6-3-17(4-7-20)22-24(27)31-25(28)23(30-22)19-5-8-21-18(15-19)9-10-29-26(21)34/h3-10,15-16H,11-14H2,1-2H3,(H2,28,31)(H,29,34). The smallest absolute Gasteiger partial charge is 0.255 e. The molecule has 2 aromatic carbocycles. The van der Waals surface area contributed by atoms with Crippen molar-refractivity contribution in [2.75, 3.05) is 36.8 Å². The van der Waals surface area contributed by atoms with Gasteiger partial charge < -0.3 is 15.6 Å². The molecule has 1 fully saturated rings. The molecule has 2 aromatic heterocycles. The van der Waals surface area contributed by atoms with Gasteiger partial charge in [-0.2, -0.15) is 9.37 Å². The zero-order valence-electron chi connectivity index (χ0n) is 19.3. The lowest BCUT2D eigenvalue weighted by molar-refractivity contribution is 0.209. The predicted octanol–water partition coefficient (Wildman–Crippen LogP) is 3.90. The van der Waals surface area contributed by atoms with Crippen LogP contribution in [0.3, 0.4) is 0 Å². The van der Waals surface area contributed by atoms with Gasteiger partial charge in [0, 0.05) is 60.6 Å². The first-order valence-corrected chi connectivity index (χ1v) is 11.4. The van der Waals surface area contributed by atoms with Crippen LogP contribution in [-0.4, -0.2) is 52.1 Å². The van der Waals surface area contributed by atoms with E-state index in [2.05, 4.69) is 38.6 Å². The lowest BCUT2D eigenvalue weighted by atomic mass is 10.1. The maximum atomic E-state index is 14.8. The Labute approximate surface area is 197 Å². The number of anilines is 2. The Kier molecular flexibility index (Phi) is 5.75. The van der Waals surface area contributed by atoms with Gasteiger partial charge in [0.1, 0.15) is 11.4 Å². The molecular formula is C26H27FN6O. The monoisotopic (exact) mass is 458 g/mol. The SMILES string of the molecule is CC(C)N1CCN(c2ccc(-c3nc(-c4ccc5c(=O)[nH]ccc5c4)c(N)nc3F)cc2)CC1. The van der Waals surface area contributed by atoms with Gasteiger partial charge in [-0.1, -0.05) is 18.2 Å². The first-order chi connectivity index (χ1) is 16.4. The number of nitrogens with one attached hydrogen (secondary N) is 1. The zero-order chi connectivity index (χ0) is 23.8. The van der Waals surface area contributed by atoms with Gasteiger partial charge in [-0.25, -0.2) is 4.98 Å². The second kappa shape index (κ2) is 8.87. The van der Waals surface area contributed by atoms with Crippen molar-refractivity contribution in [3.05, 3.63) is 71.0 Å². The van der Waals surface area contributed by atoms with Gasteiger partial charge in [-0.15, -0.1) is 0 Å². The maximum absolute atomic E-state index is 14.8. The van der Waals surface area contributed by atoms with Gasteiger partial charge in [0.2, 0.25) is 5.95 Å². The van der Waals surface area contributed by atoms with Crippen LogP contribution < -0.4 is 16.2 Å². The molecule has 3 N–H and O–H groups in total. The summed E-state index contributed by atoms with van der Waals surface area (Å²) in [5.41, 5.74) is 8.80. The van der Waals surface area contributed by atoms with Crippen molar-refractivity contribution in [1.29, 1.82) is 0 Å². The van der Waals surface area contributed by atoms with Gasteiger partial charge in [-0.3, -0.25) is 9.69 Å². The normalized spacial score (nSPS) is 14.8. The highest BCUT2D eigenvalue weighted by Gasteiger charge is 2.20. The Morgan fingerprint density at radius 2 is 1.65 bits per heavy atom. The van der Waals surface area contributed by atoms with Crippen molar-refractivity contribution in [2.24, 2.45) is 0 Å². The fourth-order valence-corrected chi connectivity index (χ4v) is 4.49. The fraction of sp³-hybridized carbons (Fsp3) is 0.269. The quantitative estimate of drug-likeness (QED) is 0.482. The van der Waals surface area contributed by atoms with Crippen LogP contribution in [0.4, 0.5) is 15.9 Å². The molecule has 0 aliphatic carbocycles. The number of fused-ring (bicyclic) bond motifs is 1. The lowest BCUT2D eigenvalue weighted by Gasteiger charge is -2.38. The number of aromatic amines is 1. The number of nitrogen functional groups attached to an aromatic ring is 1. The van der Waals surface area contributed by atoms with Crippen LogP contribution in [0.1, 0.15) is 13.8 Å². The largest absolute Gasteiger partial charge is 0.382 e. The highest BCUT2D eigenvalue weighted by molar-refractivity contribution is 5.87. The molecule has 0 unspecified atom stereocenters. The minimum absolute atomic E-state index is 0.00471. The Morgan fingerprint density at radius 3 is 2.35 bits per heavy atom. The molecule has 3 heterocycles. The first kappa shape index (κ1) is 22.0. The number of nitrogens with two attached hydrogens (primary N) is 1.